The number of ether oxygens (including phenoxy) is 1. The van der Waals surface area contributed by atoms with Crippen LogP contribution in [0.5, 0.6) is 0 Å². The summed E-state index contributed by atoms with van der Waals surface area (Å²) in [6, 6.07) is 7.70. The molecule has 11 heteroatoms. The Kier molecular flexibility index (Phi) is 7.75. The smallest absolute Gasteiger partial charge is 0.311 e. The number of halogens is 2. The predicted octanol–water partition coefficient (Wildman–Crippen LogP) is 3.95. The number of rotatable bonds is 7. The number of amides is 1. The molecule has 30 heavy (non-hydrogen) atoms. The van der Waals surface area contributed by atoms with Gasteiger partial charge in [-0.25, -0.2) is 8.42 Å². The van der Waals surface area contributed by atoms with Gasteiger partial charge in [0, 0.05) is 23.0 Å². The highest BCUT2D eigenvalue weighted by Gasteiger charge is 2.27. The van der Waals surface area contributed by atoms with Crippen molar-refractivity contribution < 1.29 is 22.7 Å². The molecule has 0 spiro atoms. The molecule has 7 nitrogen and oxygen atoms in total. The summed E-state index contributed by atoms with van der Waals surface area (Å²) in [7, 11) is -3.53. The number of anilines is 1. The van der Waals surface area contributed by atoms with Crippen molar-refractivity contribution in [2.75, 3.05) is 25.0 Å². The van der Waals surface area contributed by atoms with Gasteiger partial charge >= 0.3 is 5.97 Å². The molecule has 1 saturated heterocycles. The first kappa shape index (κ1) is 23.0. The first-order chi connectivity index (χ1) is 14.3. The first-order valence-electron chi connectivity index (χ1n) is 9.25. The summed E-state index contributed by atoms with van der Waals surface area (Å²) in [6.45, 7) is 0.552. The lowest BCUT2D eigenvalue weighted by Crippen LogP contribution is -2.35. The molecule has 162 valence electrons. The number of nitrogens with zero attached hydrogens (tertiary/aromatic N) is 1. The molecule has 2 heterocycles. The van der Waals surface area contributed by atoms with Crippen LogP contribution in [0.1, 0.15) is 24.1 Å². The molecule has 0 aliphatic carbocycles. The molecule has 1 amide bonds. The molecule has 1 N–H and O–H groups in total. The van der Waals surface area contributed by atoms with E-state index in [0.29, 0.717) is 28.7 Å². The fourth-order valence-electron chi connectivity index (χ4n) is 2.94. The van der Waals surface area contributed by atoms with Gasteiger partial charge in [0.15, 0.2) is 6.61 Å². The van der Waals surface area contributed by atoms with Crippen LogP contribution in [-0.4, -0.2) is 44.3 Å². The van der Waals surface area contributed by atoms with E-state index in [-0.39, 0.29) is 15.7 Å². The van der Waals surface area contributed by atoms with Gasteiger partial charge in [-0.3, -0.25) is 9.59 Å². The lowest BCUT2D eigenvalue weighted by Gasteiger charge is -2.25. The van der Waals surface area contributed by atoms with Crippen molar-refractivity contribution in [2.24, 2.45) is 0 Å². The molecule has 0 unspecified atom stereocenters. The Morgan fingerprint density at radius 1 is 1.10 bits per heavy atom. The van der Waals surface area contributed by atoms with Crippen molar-refractivity contribution in [3.63, 3.8) is 0 Å². The number of thiophene rings is 1. The third-order valence-corrected chi connectivity index (χ3v) is 8.43. The molecule has 2 aromatic rings. The molecule has 0 atom stereocenters. The van der Waals surface area contributed by atoms with Crippen LogP contribution in [0.4, 0.5) is 5.69 Å². The number of piperidine rings is 1. The van der Waals surface area contributed by atoms with Crippen LogP contribution < -0.4 is 5.32 Å². The molecular weight excluding hydrogens is 471 g/mol. The topological polar surface area (TPSA) is 92.8 Å². The van der Waals surface area contributed by atoms with Crippen molar-refractivity contribution in [1.82, 2.24) is 4.31 Å². The van der Waals surface area contributed by atoms with E-state index >= 15 is 0 Å². The Hall–Kier alpha value is -1.65. The van der Waals surface area contributed by atoms with Gasteiger partial charge in [-0.15, -0.1) is 11.3 Å². The van der Waals surface area contributed by atoms with Crippen molar-refractivity contribution in [3.8, 4) is 0 Å². The quantitative estimate of drug-likeness (QED) is 0.592. The second-order valence-electron chi connectivity index (χ2n) is 6.70. The average Bonchev–Trinajstić information content (AvgIpc) is 3.18. The van der Waals surface area contributed by atoms with Gasteiger partial charge in [0.25, 0.3) is 15.9 Å². The van der Waals surface area contributed by atoms with Crippen LogP contribution in [-0.2, 0) is 30.8 Å². The molecule has 1 aliphatic rings. The zero-order valence-electron chi connectivity index (χ0n) is 15.9. The summed E-state index contributed by atoms with van der Waals surface area (Å²) in [6.07, 6.45) is 2.63. The van der Waals surface area contributed by atoms with E-state index in [1.54, 1.807) is 18.2 Å². The Morgan fingerprint density at radius 2 is 1.83 bits per heavy atom. The molecule has 1 aliphatic heterocycles. The van der Waals surface area contributed by atoms with E-state index in [9.17, 15) is 18.0 Å². The standard InChI is InChI=1S/C19H20Cl2N2O5S2/c20-13-4-6-16(15(21)10-13)22-17(24)12-28-18(25)11-14-5-7-19(29-14)30(26,27)23-8-2-1-3-9-23/h4-7,10H,1-3,8-9,11-12H2,(H,22,24). The van der Waals surface area contributed by atoms with Crippen molar-refractivity contribution >= 4 is 62.1 Å². The number of sulfonamides is 1. The van der Waals surface area contributed by atoms with Gasteiger partial charge in [-0.05, 0) is 43.2 Å². The Bertz CT molecular complexity index is 1030. The van der Waals surface area contributed by atoms with Gasteiger partial charge < -0.3 is 10.1 Å². The number of benzene rings is 1. The maximum Gasteiger partial charge on any atom is 0.311 e. The summed E-state index contributed by atoms with van der Waals surface area (Å²) in [5.74, 6) is -1.18. The summed E-state index contributed by atoms with van der Waals surface area (Å²) in [5.41, 5.74) is 0.355. The van der Waals surface area contributed by atoms with Crippen LogP contribution in [0.2, 0.25) is 10.0 Å². The lowest BCUT2D eigenvalue weighted by molar-refractivity contribution is -0.146. The zero-order valence-corrected chi connectivity index (χ0v) is 19.0. The maximum absolute atomic E-state index is 12.7. The van der Waals surface area contributed by atoms with Crippen molar-refractivity contribution in [2.45, 2.75) is 29.9 Å². The summed E-state index contributed by atoms with van der Waals surface area (Å²) >= 11 is 12.8. The van der Waals surface area contributed by atoms with Gasteiger partial charge in [0.2, 0.25) is 0 Å². The van der Waals surface area contributed by atoms with E-state index < -0.39 is 28.5 Å². The fourth-order valence-corrected chi connectivity index (χ4v) is 6.41. The van der Waals surface area contributed by atoms with E-state index in [1.807, 2.05) is 0 Å². The Balaban J connectivity index is 1.51. The lowest BCUT2D eigenvalue weighted by atomic mass is 10.2. The van der Waals surface area contributed by atoms with Crippen LogP contribution in [0.3, 0.4) is 0 Å². The summed E-state index contributed by atoms with van der Waals surface area (Å²) < 4.78 is 32.0. The van der Waals surface area contributed by atoms with E-state index in [1.165, 1.54) is 16.4 Å². The monoisotopic (exact) mass is 490 g/mol. The van der Waals surface area contributed by atoms with Crippen LogP contribution in [0, 0.1) is 0 Å². The third-order valence-electron chi connectivity index (χ3n) is 4.43. The molecule has 0 radical (unpaired) electrons. The molecule has 1 aromatic carbocycles. The Labute approximate surface area is 189 Å². The minimum atomic E-state index is -3.53. The van der Waals surface area contributed by atoms with E-state index in [0.717, 1.165) is 30.6 Å². The number of esters is 1. The number of carbonyl (C=O) groups excluding carboxylic acids is 2. The van der Waals surface area contributed by atoms with E-state index in [2.05, 4.69) is 5.32 Å². The minimum absolute atomic E-state index is 0.116. The number of hydrogen-bond acceptors (Lipinski definition) is 6. The highest BCUT2D eigenvalue weighted by molar-refractivity contribution is 7.91. The van der Waals surface area contributed by atoms with Gasteiger partial charge in [-0.2, -0.15) is 4.31 Å². The normalized spacial score (nSPS) is 15.0. The summed E-state index contributed by atoms with van der Waals surface area (Å²) in [4.78, 5) is 24.6. The second-order valence-corrected chi connectivity index (χ2v) is 10.9. The largest absolute Gasteiger partial charge is 0.455 e. The SMILES string of the molecule is O=C(COC(=O)Cc1ccc(S(=O)(=O)N2CCCCC2)s1)Nc1ccc(Cl)cc1Cl. The maximum atomic E-state index is 12.7. The fraction of sp³-hybridized carbons (Fsp3) is 0.368. The minimum Gasteiger partial charge on any atom is -0.455 e. The number of hydrogen-bond donors (Lipinski definition) is 1. The Morgan fingerprint density at radius 3 is 2.53 bits per heavy atom. The van der Waals surface area contributed by atoms with Crippen LogP contribution in [0.25, 0.3) is 0 Å². The highest BCUT2D eigenvalue weighted by Crippen LogP contribution is 2.28. The van der Waals surface area contributed by atoms with Gasteiger partial charge in [0.05, 0.1) is 17.1 Å². The number of nitrogens with one attached hydrogen (secondary N) is 1. The highest BCUT2D eigenvalue weighted by atomic mass is 35.5. The van der Waals surface area contributed by atoms with Gasteiger partial charge in [0.1, 0.15) is 4.21 Å². The predicted molar refractivity (Wildman–Crippen MR) is 117 cm³/mol. The molecule has 1 aromatic heterocycles. The molecule has 0 saturated carbocycles. The molecule has 1 fully saturated rings. The van der Waals surface area contributed by atoms with Crippen molar-refractivity contribution in [1.29, 1.82) is 0 Å². The van der Waals surface area contributed by atoms with Crippen molar-refractivity contribution in [3.05, 3.63) is 45.3 Å². The third kappa shape index (κ3) is 5.95. The molecule has 3 rings (SSSR count). The van der Waals surface area contributed by atoms with Crippen LogP contribution >= 0.6 is 34.5 Å². The first-order valence-corrected chi connectivity index (χ1v) is 12.3. The van der Waals surface area contributed by atoms with E-state index in [4.69, 9.17) is 27.9 Å². The number of carbonyl (C=O) groups is 2. The molecule has 0 bridgehead atoms. The molecular formula is C19H20Cl2N2O5S2. The van der Waals surface area contributed by atoms with Crippen LogP contribution in [0.15, 0.2) is 34.5 Å². The second kappa shape index (κ2) is 10.1. The zero-order chi connectivity index (χ0) is 21.7. The summed E-state index contributed by atoms with van der Waals surface area (Å²) in [5, 5.41) is 3.23. The van der Waals surface area contributed by atoms with Gasteiger partial charge in [-0.1, -0.05) is 29.6 Å². The average molecular weight is 491 g/mol.